The van der Waals surface area contributed by atoms with Crippen molar-refractivity contribution >= 4 is 23.2 Å². The fourth-order valence-corrected chi connectivity index (χ4v) is 2.39. The number of carboxylic acids is 1. The van der Waals surface area contributed by atoms with Gasteiger partial charge in [-0.15, -0.1) is 0 Å². The van der Waals surface area contributed by atoms with Crippen molar-refractivity contribution in [2.45, 2.75) is 18.9 Å². The first-order valence-corrected chi connectivity index (χ1v) is 7.43. The Balaban J connectivity index is 1.97. The Morgan fingerprint density at radius 1 is 1.50 bits per heavy atom. The number of carbonyl (C=O) groups is 1. The van der Waals surface area contributed by atoms with Gasteiger partial charge in [0.05, 0.1) is 13.2 Å². The molecule has 1 aliphatic rings. The van der Waals surface area contributed by atoms with Gasteiger partial charge < -0.3 is 24.6 Å². The number of thiocarbonyl (C=S) groups is 1. The zero-order valence-electron chi connectivity index (χ0n) is 12.3. The predicted octanol–water partition coefficient (Wildman–Crippen LogP) is 1.60. The van der Waals surface area contributed by atoms with Crippen LogP contribution >= 0.6 is 12.2 Å². The molecule has 0 unspecified atom stereocenters. The number of benzene rings is 1. The molecule has 0 bridgehead atoms. The highest BCUT2D eigenvalue weighted by atomic mass is 32.1. The summed E-state index contributed by atoms with van der Waals surface area (Å²) in [6.07, 6.45) is 2.33. The molecule has 0 aliphatic carbocycles. The minimum absolute atomic E-state index is 0.206. The SMILES string of the molecule is COc1cc(C(=S)NC[C@H]2CCCO2)ccc1OCC(=O)O. The Morgan fingerprint density at radius 3 is 2.95 bits per heavy atom. The summed E-state index contributed by atoms with van der Waals surface area (Å²) in [6.45, 7) is 1.07. The van der Waals surface area contributed by atoms with Gasteiger partial charge in [0.15, 0.2) is 18.1 Å². The third-order valence-electron chi connectivity index (χ3n) is 3.29. The van der Waals surface area contributed by atoms with Crippen LogP contribution < -0.4 is 14.8 Å². The number of ether oxygens (including phenoxy) is 3. The van der Waals surface area contributed by atoms with E-state index < -0.39 is 12.6 Å². The van der Waals surface area contributed by atoms with E-state index in [9.17, 15) is 4.79 Å². The lowest BCUT2D eigenvalue weighted by Crippen LogP contribution is -2.31. The van der Waals surface area contributed by atoms with Crippen LogP contribution in [0.4, 0.5) is 0 Å². The van der Waals surface area contributed by atoms with Crippen LogP contribution in [0, 0.1) is 0 Å². The molecule has 1 atom stereocenters. The van der Waals surface area contributed by atoms with Gasteiger partial charge in [-0.2, -0.15) is 0 Å². The van der Waals surface area contributed by atoms with Gasteiger partial charge in [-0.1, -0.05) is 12.2 Å². The molecule has 0 amide bonds. The second kappa shape index (κ2) is 7.95. The van der Waals surface area contributed by atoms with Gasteiger partial charge in [-0.25, -0.2) is 4.79 Å². The molecule has 1 saturated heterocycles. The summed E-state index contributed by atoms with van der Waals surface area (Å²) in [4.78, 5) is 11.1. The number of methoxy groups -OCH3 is 1. The van der Waals surface area contributed by atoms with Crippen LogP contribution in [0.25, 0.3) is 0 Å². The van der Waals surface area contributed by atoms with Crippen LogP contribution in [0.3, 0.4) is 0 Å². The molecule has 2 rings (SSSR count). The summed E-state index contributed by atoms with van der Waals surface area (Å²) in [7, 11) is 1.50. The Morgan fingerprint density at radius 2 is 2.32 bits per heavy atom. The van der Waals surface area contributed by atoms with Crippen molar-refractivity contribution in [2.24, 2.45) is 0 Å². The number of hydrogen-bond acceptors (Lipinski definition) is 5. The maximum absolute atomic E-state index is 10.6. The maximum Gasteiger partial charge on any atom is 0.341 e. The van der Waals surface area contributed by atoms with Gasteiger partial charge in [0.25, 0.3) is 0 Å². The molecule has 1 heterocycles. The summed E-state index contributed by atoms with van der Waals surface area (Å²) in [5.41, 5.74) is 0.785. The molecule has 0 saturated carbocycles. The van der Waals surface area contributed by atoms with Crippen molar-refractivity contribution in [3.05, 3.63) is 23.8 Å². The normalized spacial score (nSPS) is 17.0. The molecule has 1 aliphatic heterocycles. The molecule has 120 valence electrons. The van der Waals surface area contributed by atoms with Crippen LogP contribution in [0.1, 0.15) is 18.4 Å². The van der Waals surface area contributed by atoms with Gasteiger partial charge in [0.2, 0.25) is 0 Å². The molecule has 7 heteroatoms. The van der Waals surface area contributed by atoms with E-state index in [0.717, 1.165) is 25.0 Å². The van der Waals surface area contributed by atoms with Crippen LogP contribution in [-0.2, 0) is 9.53 Å². The first-order chi connectivity index (χ1) is 10.6. The molecule has 0 aromatic heterocycles. The smallest absolute Gasteiger partial charge is 0.341 e. The average molecular weight is 325 g/mol. The standard InChI is InChI=1S/C15H19NO5S/c1-19-13-7-10(4-5-12(13)21-9-14(17)18)15(22)16-8-11-3-2-6-20-11/h4-5,7,11H,2-3,6,8-9H2,1H3,(H,16,22)(H,17,18)/t11-/m1/s1. The fraction of sp³-hybridized carbons (Fsp3) is 0.467. The van der Waals surface area contributed by atoms with E-state index in [1.165, 1.54) is 7.11 Å². The summed E-state index contributed by atoms with van der Waals surface area (Å²) in [5.74, 6) is -0.226. The fourth-order valence-electron chi connectivity index (χ4n) is 2.18. The number of carboxylic acid groups (broad SMARTS) is 1. The molecule has 1 fully saturated rings. The van der Waals surface area contributed by atoms with Crippen molar-refractivity contribution in [3.8, 4) is 11.5 Å². The maximum atomic E-state index is 10.6. The summed E-state index contributed by atoms with van der Waals surface area (Å²) >= 11 is 5.35. The van der Waals surface area contributed by atoms with Crippen LogP contribution in [0.5, 0.6) is 11.5 Å². The van der Waals surface area contributed by atoms with E-state index >= 15 is 0 Å². The van der Waals surface area contributed by atoms with E-state index in [-0.39, 0.29) is 6.10 Å². The zero-order chi connectivity index (χ0) is 15.9. The highest BCUT2D eigenvalue weighted by Crippen LogP contribution is 2.28. The van der Waals surface area contributed by atoms with Gasteiger partial charge in [0.1, 0.15) is 4.99 Å². The van der Waals surface area contributed by atoms with E-state index in [0.29, 0.717) is 23.0 Å². The molecule has 1 aromatic carbocycles. The van der Waals surface area contributed by atoms with E-state index in [4.69, 9.17) is 31.5 Å². The lowest BCUT2D eigenvalue weighted by molar-refractivity contribution is -0.139. The molecule has 22 heavy (non-hydrogen) atoms. The summed E-state index contributed by atoms with van der Waals surface area (Å²) in [5, 5.41) is 11.8. The predicted molar refractivity (Wildman–Crippen MR) is 84.8 cm³/mol. The quantitative estimate of drug-likeness (QED) is 0.737. The molecule has 1 aromatic rings. The van der Waals surface area contributed by atoms with E-state index in [1.807, 2.05) is 0 Å². The highest BCUT2D eigenvalue weighted by molar-refractivity contribution is 7.80. The first-order valence-electron chi connectivity index (χ1n) is 7.02. The van der Waals surface area contributed by atoms with Crippen molar-refractivity contribution in [1.29, 1.82) is 0 Å². The van der Waals surface area contributed by atoms with E-state index in [2.05, 4.69) is 5.32 Å². The minimum Gasteiger partial charge on any atom is -0.493 e. The van der Waals surface area contributed by atoms with Gasteiger partial charge >= 0.3 is 5.97 Å². The number of aliphatic carboxylic acids is 1. The third kappa shape index (κ3) is 4.57. The summed E-state index contributed by atoms with van der Waals surface area (Å²) < 4.78 is 15.9. The highest BCUT2D eigenvalue weighted by Gasteiger charge is 2.16. The van der Waals surface area contributed by atoms with E-state index in [1.54, 1.807) is 18.2 Å². The molecular weight excluding hydrogens is 306 g/mol. The minimum atomic E-state index is -1.04. The van der Waals surface area contributed by atoms with Gasteiger partial charge in [0, 0.05) is 18.7 Å². The Bertz CT molecular complexity index is 543. The Hall–Kier alpha value is -1.86. The largest absolute Gasteiger partial charge is 0.493 e. The molecule has 0 radical (unpaired) electrons. The number of hydrogen-bond donors (Lipinski definition) is 2. The third-order valence-corrected chi connectivity index (χ3v) is 3.67. The topological polar surface area (TPSA) is 77.0 Å². The van der Waals surface area contributed by atoms with Crippen molar-refractivity contribution < 1.29 is 24.1 Å². The zero-order valence-corrected chi connectivity index (χ0v) is 13.1. The molecule has 0 spiro atoms. The van der Waals surface area contributed by atoms with Crippen LogP contribution in [-0.4, -0.2) is 49.0 Å². The lowest BCUT2D eigenvalue weighted by atomic mass is 10.2. The number of nitrogens with one attached hydrogen (secondary N) is 1. The van der Waals surface area contributed by atoms with Crippen molar-refractivity contribution in [1.82, 2.24) is 5.32 Å². The van der Waals surface area contributed by atoms with Crippen molar-refractivity contribution in [3.63, 3.8) is 0 Å². The molecule has 2 N–H and O–H groups in total. The molecular formula is C15H19NO5S. The molecule has 6 nitrogen and oxygen atoms in total. The van der Waals surface area contributed by atoms with Crippen LogP contribution in [0.2, 0.25) is 0 Å². The lowest BCUT2D eigenvalue weighted by Gasteiger charge is -2.14. The second-order valence-electron chi connectivity index (χ2n) is 4.89. The first kappa shape index (κ1) is 16.5. The monoisotopic (exact) mass is 325 g/mol. The van der Waals surface area contributed by atoms with Gasteiger partial charge in [-0.3, -0.25) is 0 Å². The summed E-state index contributed by atoms with van der Waals surface area (Å²) in [6, 6.07) is 5.14. The van der Waals surface area contributed by atoms with Crippen LogP contribution in [0.15, 0.2) is 18.2 Å². The Labute approximate surface area is 134 Å². The number of rotatable bonds is 7. The van der Waals surface area contributed by atoms with Crippen molar-refractivity contribution in [2.75, 3.05) is 26.9 Å². The van der Waals surface area contributed by atoms with Gasteiger partial charge in [-0.05, 0) is 31.0 Å². The Kier molecular flexibility index (Phi) is 5.97. The second-order valence-corrected chi connectivity index (χ2v) is 5.30. The average Bonchev–Trinajstić information content (AvgIpc) is 3.03.